The molecule has 1 heterocycles. The van der Waals surface area contributed by atoms with Gasteiger partial charge in [0, 0.05) is 30.4 Å². The first kappa shape index (κ1) is 21.8. The second-order valence-electron chi connectivity index (χ2n) is 7.94. The first-order chi connectivity index (χ1) is 15.6. The summed E-state index contributed by atoms with van der Waals surface area (Å²) in [4.78, 5) is 17.0. The first-order valence-corrected chi connectivity index (χ1v) is 11.0. The molecule has 0 atom stereocenters. The van der Waals surface area contributed by atoms with Crippen LogP contribution in [0.25, 0.3) is 11.3 Å². The molecule has 0 radical (unpaired) electrons. The van der Waals surface area contributed by atoms with E-state index in [4.69, 9.17) is 16.0 Å². The van der Waals surface area contributed by atoms with Crippen molar-refractivity contribution in [2.75, 3.05) is 6.54 Å². The smallest absolute Gasteiger partial charge is 0.220 e. The van der Waals surface area contributed by atoms with E-state index >= 15 is 0 Å². The van der Waals surface area contributed by atoms with Crippen molar-refractivity contribution in [3.05, 3.63) is 113 Å². The van der Waals surface area contributed by atoms with Gasteiger partial charge in [-0.15, -0.1) is 0 Å². The Morgan fingerprint density at radius 1 is 0.938 bits per heavy atom. The third-order valence-electron chi connectivity index (χ3n) is 5.72. The van der Waals surface area contributed by atoms with Gasteiger partial charge < -0.3 is 9.73 Å². The number of nitrogens with one attached hydrogen (secondary N) is 1. The Hall–Kier alpha value is -3.37. The number of carbonyl (C=O) groups is 1. The third kappa shape index (κ3) is 4.92. The number of amides is 1. The maximum atomic E-state index is 12.7. The molecule has 5 heteroatoms. The number of benzene rings is 3. The molecule has 0 saturated carbocycles. The van der Waals surface area contributed by atoms with Crippen LogP contribution in [0.1, 0.15) is 30.4 Å². The number of hydrogen-bond donors (Lipinski definition) is 1. The van der Waals surface area contributed by atoms with E-state index < -0.39 is 0 Å². The quantitative estimate of drug-likeness (QED) is 0.360. The molecule has 3 aromatic carbocycles. The summed E-state index contributed by atoms with van der Waals surface area (Å²) < 4.78 is 5.81. The van der Waals surface area contributed by atoms with E-state index in [-0.39, 0.29) is 11.3 Å². The standard InChI is InChI=1S/C27H25ClN2O2/c1-27(20-10-4-2-5-11-20,21-12-6-3-7-13-21)19-30-25(31)16-17-26-29-18-24(32-26)22-14-8-9-15-23(22)28/h2-15,18H,16-17,19H2,1H3,(H,30,31). The zero-order chi connectivity index (χ0) is 22.4. The van der Waals surface area contributed by atoms with E-state index in [0.29, 0.717) is 36.1 Å². The maximum absolute atomic E-state index is 12.7. The highest BCUT2D eigenvalue weighted by Gasteiger charge is 2.29. The summed E-state index contributed by atoms with van der Waals surface area (Å²) >= 11 is 6.23. The van der Waals surface area contributed by atoms with Crippen LogP contribution in [0.2, 0.25) is 5.02 Å². The number of aryl methyl sites for hydroxylation is 1. The number of rotatable bonds is 8. The summed E-state index contributed by atoms with van der Waals surface area (Å²) in [7, 11) is 0. The lowest BCUT2D eigenvalue weighted by atomic mass is 9.76. The van der Waals surface area contributed by atoms with Crippen molar-refractivity contribution < 1.29 is 9.21 Å². The lowest BCUT2D eigenvalue weighted by Gasteiger charge is -2.31. The van der Waals surface area contributed by atoms with Crippen molar-refractivity contribution in [1.29, 1.82) is 0 Å². The van der Waals surface area contributed by atoms with Crippen molar-refractivity contribution in [1.82, 2.24) is 10.3 Å². The summed E-state index contributed by atoms with van der Waals surface area (Å²) in [5, 5.41) is 3.71. The second-order valence-corrected chi connectivity index (χ2v) is 8.35. The Morgan fingerprint density at radius 2 is 1.53 bits per heavy atom. The molecular formula is C27H25ClN2O2. The highest BCUT2D eigenvalue weighted by atomic mass is 35.5. The predicted molar refractivity (Wildman–Crippen MR) is 128 cm³/mol. The van der Waals surface area contributed by atoms with E-state index in [1.807, 2.05) is 60.7 Å². The van der Waals surface area contributed by atoms with Gasteiger partial charge in [-0.3, -0.25) is 4.79 Å². The molecule has 4 nitrogen and oxygen atoms in total. The van der Waals surface area contributed by atoms with Crippen LogP contribution < -0.4 is 5.32 Å². The summed E-state index contributed by atoms with van der Waals surface area (Å²) in [5.74, 6) is 1.08. The summed E-state index contributed by atoms with van der Waals surface area (Å²) in [6, 6.07) is 28.0. The van der Waals surface area contributed by atoms with Crippen LogP contribution in [-0.4, -0.2) is 17.4 Å². The van der Waals surface area contributed by atoms with E-state index in [0.717, 1.165) is 16.7 Å². The molecule has 0 bridgehead atoms. The highest BCUT2D eigenvalue weighted by Crippen LogP contribution is 2.31. The molecular weight excluding hydrogens is 420 g/mol. The normalized spacial score (nSPS) is 11.3. The SMILES string of the molecule is CC(CNC(=O)CCc1ncc(-c2ccccc2Cl)o1)(c1ccccc1)c1ccccc1. The Bertz CT molecular complexity index is 1130. The number of aromatic nitrogens is 1. The molecule has 0 aliphatic carbocycles. The molecule has 1 aromatic heterocycles. The number of hydrogen-bond acceptors (Lipinski definition) is 3. The lowest BCUT2D eigenvalue weighted by molar-refractivity contribution is -0.121. The second kappa shape index (κ2) is 9.84. The van der Waals surface area contributed by atoms with E-state index in [1.54, 1.807) is 6.20 Å². The van der Waals surface area contributed by atoms with Crippen LogP contribution in [0.15, 0.2) is 95.5 Å². The zero-order valence-corrected chi connectivity index (χ0v) is 18.7. The Kier molecular flexibility index (Phi) is 6.72. The topological polar surface area (TPSA) is 55.1 Å². The third-order valence-corrected chi connectivity index (χ3v) is 6.05. The van der Waals surface area contributed by atoms with Gasteiger partial charge in [-0.05, 0) is 30.2 Å². The van der Waals surface area contributed by atoms with Crippen molar-refractivity contribution in [3.8, 4) is 11.3 Å². The van der Waals surface area contributed by atoms with Crippen LogP contribution in [0.5, 0.6) is 0 Å². The summed E-state index contributed by atoms with van der Waals surface area (Å²) in [5.41, 5.74) is 2.77. The predicted octanol–water partition coefficient (Wildman–Crippen LogP) is 6.05. The molecule has 162 valence electrons. The van der Waals surface area contributed by atoms with Crippen LogP contribution in [0.4, 0.5) is 0 Å². The molecule has 1 amide bonds. The van der Waals surface area contributed by atoms with Crippen molar-refractivity contribution in [2.45, 2.75) is 25.2 Å². The van der Waals surface area contributed by atoms with E-state index in [9.17, 15) is 4.79 Å². The fourth-order valence-electron chi connectivity index (χ4n) is 3.78. The van der Waals surface area contributed by atoms with Gasteiger partial charge in [-0.1, -0.05) is 84.4 Å². The number of oxazole rings is 1. The Morgan fingerprint density at radius 3 is 2.16 bits per heavy atom. The highest BCUT2D eigenvalue weighted by molar-refractivity contribution is 6.33. The zero-order valence-electron chi connectivity index (χ0n) is 17.9. The van der Waals surface area contributed by atoms with E-state index in [1.165, 1.54) is 0 Å². The van der Waals surface area contributed by atoms with Gasteiger partial charge in [0.2, 0.25) is 5.91 Å². The van der Waals surface area contributed by atoms with Crippen molar-refractivity contribution in [2.24, 2.45) is 0 Å². The van der Waals surface area contributed by atoms with Crippen LogP contribution in [0, 0.1) is 0 Å². The lowest BCUT2D eigenvalue weighted by Crippen LogP contribution is -2.39. The molecule has 0 saturated heterocycles. The molecule has 0 aliphatic rings. The molecule has 32 heavy (non-hydrogen) atoms. The minimum Gasteiger partial charge on any atom is -0.441 e. The van der Waals surface area contributed by atoms with Crippen molar-refractivity contribution >= 4 is 17.5 Å². The van der Waals surface area contributed by atoms with Gasteiger partial charge in [0.25, 0.3) is 0 Å². The fourth-order valence-corrected chi connectivity index (χ4v) is 4.01. The van der Waals surface area contributed by atoms with Gasteiger partial charge in [0.05, 0.1) is 11.2 Å². The minimum absolute atomic E-state index is 0.0411. The largest absolute Gasteiger partial charge is 0.441 e. The number of halogens is 1. The monoisotopic (exact) mass is 444 g/mol. The maximum Gasteiger partial charge on any atom is 0.220 e. The number of nitrogens with zero attached hydrogens (tertiary/aromatic N) is 1. The van der Waals surface area contributed by atoms with Gasteiger partial charge in [0.1, 0.15) is 0 Å². The molecule has 0 aliphatic heterocycles. The van der Waals surface area contributed by atoms with Crippen LogP contribution in [-0.2, 0) is 16.6 Å². The average molecular weight is 445 g/mol. The van der Waals surface area contributed by atoms with Crippen LogP contribution >= 0.6 is 11.6 Å². The molecule has 0 fully saturated rings. The summed E-state index contributed by atoms with van der Waals surface area (Å²) in [6.07, 6.45) is 2.36. The minimum atomic E-state index is -0.335. The average Bonchev–Trinajstić information content (AvgIpc) is 3.31. The molecule has 1 N–H and O–H groups in total. The van der Waals surface area contributed by atoms with Crippen LogP contribution in [0.3, 0.4) is 0 Å². The summed E-state index contributed by atoms with van der Waals surface area (Å²) in [6.45, 7) is 2.65. The molecule has 4 rings (SSSR count). The molecule has 0 unspecified atom stereocenters. The fraction of sp³-hybridized carbons (Fsp3) is 0.185. The van der Waals surface area contributed by atoms with Gasteiger partial charge in [0.15, 0.2) is 11.7 Å². The molecule has 0 spiro atoms. The number of carbonyl (C=O) groups excluding carboxylic acids is 1. The Labute approximate surface area is 193 Å². The Balaban J connectivity index is 1.40. The first-order valence-electron chi connectivity index (χ1n) is 10.6. The van der Waals surface area contributed by atoms with Gasteiger partial charge in [-0.2, -0.15) is 0 Å². The van der Waals surface area contributed by atoms with Gasteiger partial charge in [-0.25, -0.2) is 4.98 Å². The molecule has 4 aromatic rings. The van der Waals surface area contributed by atoms with E-state index in [2.05, 4.69) is 41.5 Å². The van der Waals surface area contributed by atoms with Gasteiger partial charge >= 0.3 is 0 Å². The van der Waals surface area contributed by atoms with Crippen molar-refractivity contribution in [3.63, 3.8) is 0 Å².